The van der Waals surface area contributed by atoms with Gasteiger partial charge in [0.25, 0.3) is 0 Å². The molecule has 2 aromatic rings. The summed E-state index contributed by atoms with van der Waals surface area (Å²) in [4.78, 5) is 21.8. The Hall–Kier alpha value is -2.36. The van der Waals surface area contributed by atoms with Crippen LogP contribution in [0.5, 0.6) is 5.75 Å². The van der Waals surface area contributed by atoms with Crippen LogP contribution in [0.25, 0.3) is 10.8 Å². The number of aromatic hydroxyl groups is 1. The molecule has 4 heteroatoms. The first-order valence-electron chi connectivity index (χ1n) is 4.64. The van der Waals surface area contributed by atoms with Crippen molar-refractivity contribution in [1.29, 1.82) is 0 Å². The molecule has 1 amide bonds. The highest BCUT2D eigenvalue weighted by Gasteiger charge is 2.08. The van der Waals surface area contributed by atoms with Gasteiger partial charge in [-0.2, -0.15) is 0 Å². The largest absolute Gasteiger partial charge is 0.507 e. The van der Waals surface area contributed by atoms with Crippen LogP contribution in [0.2, 0.25) is 0 Å². The third-order valence-corrected chi connectivity index (χ3v) is 2.44. The minimum atomic E-state index is -0.525. The van der Waals surface area contributed by atoms with Crippen molar-refractivity contribution in [3.05, 3.63) is 41.5 Å². The standard InChI is InChI=1S/C12H9NO3/c13-12(16)8-1-3-9-7(5-8)2-4-11(15)10(9)6-14/h1-6,15H,(H2,13,16). The first-order valence-corrected chi connectivity index (χ1v) is 4.64. The number of carbonyl (C=O) groups is 2. The normalized spacial score (nSPS) is 10.2. The average molecular weight is 215 g/mol. The molecule has 0 unspecified atom stereocenters. The van der Waals surface area contributed by atoms with Crippen LogP contribution in [0, 0.1) is 0 Å². The van der Waals surface area contributed by atoms with Crippen LogP contribution in [0.15, 0.2) is 30.3 Å². The number of phenolic OH excluding ortho intramolecular Hbond substituents is 1. The Morgan fingerprint density at radius 2 is 2.00 bits per heavy atom. The highest BCUT2D eigenvalue weighted by Crippen LogP contribution is 2.26. The van der Waals surface area contributed by atoms with Gasteiger partial charge in [0.2, 0.25) is 5.91 Å². The molecule has 0 heterocycles. The summed E-state index contributed by atoms with van der Waals surface area (Å²) in [6.07, 6.45) is 0.585. The lowest BCUT2D eigenvalue weighted by molar-refractivity contribution is 0.1000. The fourth-order valence-electron chi connectivity index (χ4n) is 1.62. The van der Waals surface area contributed by atoms with Crippen LogP contribution in [-0.4, -0.2) is 17.3 Å². The molecule has 0 aromatic heterocycles. The molecule has 0 radical (unpaired) electrons. The smallest absolute Gasteiger partial charge is 0.248 e. The van der Waals surface area contributed by atoms with Gasteiger partial charge in [-0.3, -0.25) is 9.59 Å². The molecule has 0 saturated heterocycles. The molecular formula is C12H9NO3. The van der Waals surface area contributed by atoms with Gasteiger partial charge >= 0.3 is 0 Å². The highest BCUT2D eigenvalue weighted by atomic mass is 16.3. The fraction of sp³-hybridized carbons (Fsp3) is 0. The van der Waals surface area contributed by atoms with E-state index >= 15 is 0 Å². The molecule has 3 N–H and O–H groups in total. The molecule has 0 fully saturated rings. The summed E-state index contributed by atoms with van der Waals surface area (Å²) in [7, 11) is 0. The van der Waals surface area contributed by atoms with Crippen molar-refractivity contribution < 1.29 is 14.7 Å². The van der Waals surface area contributed by atoms with Gasteiger partial charge in [0.1, 0.15) is 5.75 Å². The summed E-state index contributed by atoms with van der Waals surface area (Å²) < 4.78 is 0. The van der Waals surface area contributed by atoms with E-state index in [0.29, 0.717) is 22.6 Å². The number of phenols is 1. The molecule has 16 heavy (non-hydrogen) atoms. The number of hydrogen-bond acceptors (Lipinski definition) is 3. The summed E-state index contributed by atoms with van der Waals surface area (Å²) in [6.45, 7) is 0. The Labute approximate surface area is 91.3 Å². The molecule has 0 aliphatic rings. The highest BCUT2D eigenvalue weighted by molar-refractivity contribution is 6.04. The van der Waals surface area contributed by atoms with Gasteiger partial charge in [0.15, 0.2) is 6.29 Å². The maximum atomic E-state index is 11.0. The second-order valence-electron chi connectivity index (χ2n) is 3.42. The SMILES string of the molecule is NC(=O)c1ccc2c(C=O)c(O)ccc2c1. The van der Waals surface area contributed by atoms with Crippen LogP contribution in [0.4, 0.5) is 0 Å². The van der Waals surface area contributed by atoms with E-state index in [0.717, 1.165) is 0 Å². The van der Waals surface area contributed by atoms with E-state index in [9.17, 15) is 14.7 Å². The van der Waals surface area contributed by atoms with Crippen LogP contribution >= 0.6 is 0 Å². The molecule has 0 aliphatic carbocycles. The van der Waals surface area contributed by atoms with Gasteiger partial charge in [-0.1, -0.05) is 12.1 Å². The number of primary amides is 1. The average Bonchev–Trinajstić information content (AvgIpc) is 2.28. The van der Waals surface area contributed by atoms with Crippen LogP contribution in [-0.2, 0) is 0 Å². The zero-order chi connectivity index (χ0) is 11.7. The quantitative estimate of drug-likeness (QED) is 0.744. The van der Waals surface area contributed by atoms with Crippen LogP contribution in [0.3, 0.4) is 0 Å². The van der Waals surface area contributed by atoms with Crippen LogP contribution in [0.1, 0.15) is 20.7 Å². The van der Waals surface area contributed by atoms with Crippen molar-refractivity contribution in [2.75, 3.05) is 0 Å². The van der Waals surface area contributed by atoms with Crippen molar-refractivity contribution in [3.63, 3.8) is 0 Å². The summed E-state index contributed by atoms with van der Waals surface area (Å²) in [5, 5.41) is 10.8. The number of amides is 1. The topological polar surface area (TPSA) is 80.4 Å². The Morgan fingerprint density at radius 1 is 1.25 bits per heavy atom. The third kappa shape index (κ3) is 1.50. The van der Waals surface area contributed by atoms with Crippen molar-refractivity contribution >= 4 is 23.0 Å². The molecule has 4 nitrogen and oxygen atoms in total. The molecule has 80 valence electrons. The second kappa shape index (κ2) is 3.66. The number of benzene rings is 2. The molecule has 0 atom stereocenters. The molecular weight excluding hydrogens is 206 g/mol. The second-order valence-corrected chi connectivity index (χ2v) is 3.42. The minimum absolute atomic E-state index is 0.0747. The Morgan fingerprint density at radius 3 is 2.62 bits per heavy atom. The predicted octanol–water partition coefficient (Wildman–Crippen LogP) is 1.46. The van der Waals surface area contributed by atoms with Crippen molar-refractivity contribution in [2.45, 2.75) is 0 Å². The van der Waals surface area contributed by atoms with E-state index in [-0.39, 0.29) is 11.3 Å². The third-order valence-electron chi connectivity index (χ3n) is 2.44. The first-order chi connectivity index (χ1) is 7.63. The van der Waals surface area contributed by atoms with Gasteiger partial charge in [0, 0.05) is 5.56 Å². The lowest BCUT2D eigenvalue weighted by Gasteiger charge is -2.04. The number of fused-ring (bicyclic) bond motifs is 1. The van der Waals surface area contributed by atoms with Gasteiger partial charge in [-0.15, -0.1) is 0 Å². The molecule has 0 aliphatic heterocycles. The summed E-state index contributed by atoms with van der Waals surface area (Å²) in [6, 6.07) is 7.75. The zero-order valence-corrected chi connectivity index (χ0v) is 8.31. The Balaban J connectivity index is 2.78. The summed E-state index contributed by atoms with van der Waals surface area (Å²) >= 11 is 0. The molecule has 0 bridgehead atoms. The fourth-order valence-corrected chi connectivity index (χ4v) is 1.62. The van der Waals surface area contributed by atoms with E-state index in [1.54, 1.807) is 18.2 Å². The van der Waals surface area contributed by atoms with E-state index in [1.807, 2.05) is 0 Å². The van der Waals surface area contributed by atoms with Gasteiger partial charge in [-0.05, 0) is 29.0 Å². The molecule has 0 saturated carbocycles. The maximum absolute atomic E-state index is 11.0. The van der Waals surface area contributed by atoms with E-state index in [4.69, 9.17) is 5.73 Å². The number of aldehydes is 1. The monoisotopic (exact) mass is 215 g/mol. The summed E-state index contributed by atoms with van der Waals surface area (Å²) in [5.41, 5.74) is 5.73. The molecule has 0 spiro atoms. The van der Waals surface area contributed by atoms with E-state index in [2.05, 4.69) is 0 Å². The van der Waals surface area contributed by atoms with E-state index in [1.165, 1.54) is 12.1 Å². The Kier molecular flexibility index (Phi) is 2.32. The first kappa shape index (κ1) is 10.2. The van der Waals surface area contributed by atoms with Crippen molar-refractivity contribution in [3.8, 4) is 5.75 Å². The maximum Gasteiger partial charge on any atom is 0.248 e. The van der Waals surface area contributed by atoms with Crippen molar-refractivity contribution in [2.24, 2.45) is 5.73 Å². The number of hydrogen-bond donors (Lipinski definition) is 2. The van der Waals surface area contributed by atoms with Gasteiger partial charge in [-0.25, -0.2) is 0 Å². The summed E-state index contributed by atoms with van der Waals surface area (Å²) in [5.74, 6) is -0.600. The van der Waals surface area contributed by atoms with E-state index < -0.39 is 5.91 Å². The van der Waals surface area contributed by atoms with Crippen LogP contribution < -0.4 is 5.73 Å². The minimum Gasteiger partial charge on any atom is -0.507 e. The lowest BCUT2D eigenvalue weighted by Crippen LogP contribution is -2.10. The number of rotatable bonds is 2. The van der Waals surface area contributed by atoms with Gasteiger partial charge < -0.3 is 10.8 Å². The number of nitrogens with two attached hydrogens (primary N) is 1. The molecule has 2 rings (SSSR count). The number of carbonyl (C=O) groups excluding carboxylic acids is 2. The molecule has 2 aromatic carbocycles. The zero-order valence-electron chi connectivity index (χ0n) is 8.31. The lowest BCUT2D eigenvalue weighted by atomic mass is 10.0. The predicted molar refractivity (Wildman–Crippen MR) is 59.5 cm³/mol. The van der Waals surface area contributed by atoms with Gasteiger partial charge in [0.05, 0.1) is 5.56 Å². The van der Waals surface area contributed by atoms with Crippen molar-refractivity contribution in [1.82, 2.24) is 0 Å². The Bertz CT molecular complexity index is 590.